The molecule has 1 heterocycles. The number of carbonyl (C=O) groups is 1. The Morgan fingerprint density at radius 3 is 2.63 bits per heavy atom. The molecule has 0 spiro atoms. The predicted molar refractivity (Wildman–Crippen MR) is 96.9 cm³/mol. The SMILES string of the molecule is C/C=C/C(NC(=O)c1cnc(C(C)(F)F)nc1Oc1ccccc1)C1CC1. The van der Waals surface area contributed by atoms with Gasteiger partial charge in [0.25, 0.3) is 5.91 Å². The number of aromatic nitrogens is 2. The third-order valence-electron chi connectivity index (χ3n) is 4.18. The van der Waals surface area contributed by atoms with Gasteiger partial charge in [0.1, 0.15) is 11.3 Å². The van der Waals surface area contributed by atoms with E-state index in [2.05, 4.69) is 15.3 Å². The number of alkyl halides is 2. The highest BCUT2D eigenvalue weighted by Gasteiger charge is 2.33. The van der Waals surface area contributed by atoms with Gasteiger partial charge in [0.15, 0.2) is 0 Å². The number of para-hydroxylation sites is 1. The van der Waals surface area contributed by atoms with Crippen molar-refractivity contribution in [3.8, 4) is 11.6 Å². The Bertz CT molecular complexity index is 831. The van der Waals surface area contributed by atoms with Crippen LogP contribution in [-0.4, -0.2) is 21.9 Å². The van der Waals surface area contributed by atoms with Crippen LogP contribution in [0, 0.1) is 5.92 Å². The van der Waals surface area contributed by atoms with Gasteiger partial charge < -0.3 is 10.1 Å². The van der Waals surface area contributed by atoms with Gasteiger partial charge in [-0.3, -0.25) is 4.79 Å². The fraction of sp³-hybridized carbons (Fsp3) is 0.350. The molecule has 1 fully saturated rings. The molecule has 0 radical (unpaired) electrons. The number of rotatable bonds is 7. The summed E-state index contributed by atoms with van der Waals surface area (Å²) >= 11 is 0. The molecule has 1 aliphatic rings. The Kier molecular flexibility index (Phi) is 5.48. The van der Waals surface area contributed by atoms with Crippen molar-refractivity contribution in [3.63, 3.8) is 0 Å². The molecule has 1 aliphatic carbocycles. The first-order valence-corrected chi connectivity index (χ1v) is 8.80. The Balaban J connectivity index is 1.91. The summed E-state index contributed by atoms with van der Waals surface area (Å²) in [4.78, 5) is 20.2. The predicted octanol–water partition coefficient (Wildman–Crippen LogP) is 4.47. The maximum absolute atomic E-state index is 13.6. The zero-order valence-corrected chi connectivity index (χ0v) is 15.2. The lowest BCUT2D eigenvalue weighted by Crippen LogP contribution is -2.35. The van der Waals surface area contributed by atoms with Crippen LogP contribution in [0.4, 0.5) is 8.78 Å². The van der Waals surface area contributed by atoms with Crippen LogP contribution in [0.1, 0.15) is 42.9 Å². The highest BCUT2D eigenvalue weighted by Crippen LogP contribution is 2.34. The van der Waals surface area contributed by atoms with E-state index in [-0.39, 0.29) is 17.5 Å². The van der Waals surface area contributed by atoms with Crippen molar-refractivity contribution in [3.05, 3.63) is 60.1 Å². The van der Waals surface area contributed by atoms with Crippen molar-refractivity contribution in [2.24, 2.45) is 5.92 Å². The Labute approximate surface area is 156 Å². The average molecular weight is 373 g/mol. The largest absolute Gasteiger partial charge is 0.438 e. The summed E-state index contributed by atoms with van der Waals surface area (Å²) in [6, 6.07) is 8.46. The zero-order valence-electron chi connectivity index (χ0n) is 15.2. The van der Waals surface area contributed by atoms with Gasteiger partial charge in [-0.05, 0) is 37.8 Å². The van der Waals surface area contributed by atoms with Crippen LogP contribution in [0.3, 0.4) is 0 Å². The first kappa shape index (κ1) is 18.9. The van der Waals surface area contributed by atoms with Crippen LogP contribution in [-0.2, 0) is 5.92 Å². The Hall–Kier alpha value is -2.83. The lowest BCUT2D eigenvalue weighted by molar-refractivity contribution is 0.00707. The van der Waals surface area contributed by atoms with E-state index in [0.29, 0.717) is 18.6 Å². The average Bonchev–Trinajstić information content (AvgIpc) is 3.46. The summed E-state index contributed by atoms with van der Waals surface area (Å²) in [6.45, 7) is 2.58. The van der Waals surface area contributed by atoms with E-state index in [4.69, 9.17) is 4.74 Å². The molecule has 0 aliphatic heterocycles. The van der Waals surface area contributed by atoms with Gasteiger partial charge in [-0.1, -0.05) is 30.4 Å². The minimum Gasteiger partial charge on any atom is -0.438 e. The number of benzene rings is 1. The minimum absolute atomic E-state index is 0.0157. The molecular weight excluding hydrogens is 352 g/mol. The second kappa shape index (κ2) is 7.82. The highest BCUT2D eigenvalue weighted by atomic mass is 19.3. The smallest absolute Gasteiger partial charge is 0.303 e. The van der Waals surface area contributed by atoms with E-state index in [9.17, 15) is 13.6 Å². The molecule has 0 bridgehead atoms. The summed E-state index contributed by atoms with van der Waals surface area (Å²) in [5.74, 6) is -3.81. The van der Waals surface area contributed by atoms with Crippen molar-refractivity contribution >= 4 is 5.91 Å². The monoisotopic (exact) mass is 373 g/mol. The molecule has 0 saturated heterocycles. The standard InChI is InChI=1S/C20H21F2N3O2/c1-3-7-16(13-10-11-13)24-17(26)15-12-23-19(20(2,21)22)25-18(15)27-14-8-5-4-6-9-14/h3-9,12-13,16H,10-11H2,1-2H3,(H,24,26)/b7-3+. The van der Waals surface area contributed by atoms with E-state index < -0.39 is 17.7 Å². The Morgan fingerprint density at radius 1 is 1.33 bits per heavy atom. The summed E-state index contributed by atoms with van der Waals surface area (Å²) < 4.78 is 32.9. The molecule has 2 aromatic rings. The molecule has 142 valence electrons. The number of allylic oxidation sites excluding steroid dienone is 1. The number of ether oxygens (including phenoxy) is 1. The number of amides is 1. The molecule has 1 amide bonds. The lowest BCUT2D eigenvalue weighted by Gasteiger charge is -2.17. The van der Waals surface area contributed by atoms with Gasteiger partial charge in [0.2, 0.25) is 11.7 Å². The topological polar surface area (TPSA) is 64.1 Å². The number of carbonyl (C=O) groups excluding carboxylic acids is 1. The molecule has 1 unspecified atom stereocenters. The quantitative estimate of drug-likeness (QED) is 0.728. The van der Waals surface area contributed by atoms with E-state index in [1.807, 2.05) is 19.1 Å². The number of halogens is 2. The summed E-state index contributed by atoms with van der Waals surface area (Å²) in [7, 11) is 0. The van der Waals surface area contributed by atoms with Crippen molar-refractivity contribution < 1.29 is 18.3 Å². The second-order valence-electron chi connectivity index (χ2n) is 6.58. The maximum Gasteiger partial charge on any atom is 0.303 e. The van der Waals surface area contributed by atoms with Crippen LogP contribution >= 0.6 is 0 Å². The highest BCUT2D eigenvalue weighted by molar-refractivity contribution is 5.96. The van der Waals surface area contributed by atoms with Crippen LogP contribution < -0.4 is 10.1 Å². The molecule has 1 saturated carbocycles. The molecule has 7 heteroatoms. The summed E-state index contributed by atoms with van der Waals surface area (Å²) in [5.41, 5.74) is 0.0157. The number of nitrogens with zero attached hydrogens (tertiary/aromatic N) is 2. The first-order chi connectivity index (χ1) is 12.9. The third-order valence-corrected chi connectivity index (χ3v) is 4.18. The van der Waals surface area contributed by atoms with Crippen molar-refractivity contribution in [1.29, 1.82) is 0 Å². The van der Waals surface area contributed by atoms with Gasteiger partial charge in [-0.25, -0.2) is 4.98 Å². The second-order valence-corrected chi connectivity index (χ2v) is 6.58. The maximum atomic E-state index is 13.6. The van der Waals surface area contributed by atoms with E-state index >= 15 is 0 Å². The van der Waals surface area contributed by atoms with Gasteiger partial charge >= 0.3 is 5.92 Å². The molecule has 5 nitrogen and oxygen atoms in total. The fourth-order valence-corrected chi connectivity index (χ4v) is 2.63. The molecule has 1 aromatic heterocycles. The van der Waals surface area contributed by atoms with E-state index in [0.717, 1.165) is 19.0 Å². The normalized spacial score (nSPS) is 15.6. The fourth-order valence-electron chi connectivity index (χ4n) is 2.63. The van der Waals surface area contributed by atoms with Crippen molar-refractivity contribution in [1.82, 2.24) is 15.3 Å². The van der Waals surface area contributed by atoms with E-state index in [1.165, 1.54) is 0 Å². The molecule has 27 heavy (non-hydrogen) atoms. The minimum atomic E-state index is -3.24. The van der Waals surface area contributed by atoms with Crippen LogP contribution in [0.5, 0.6) is 11.6 Å². The number of hydrogen-bond acceptors (Lipinski definition) is 4. The number of nitrogens with one attached hydrogen (secondary N) is 1. The summed E-state index contributed by atoms with van der Waals surface area (Å²) in [6.07, 6.45) is 6.97. The first-order valence-electron chi connectivity index (χ1n) is 8.80. The van der Waals surface area contributed by atoms with Crippen LogP contribution in [0.2, 0.25) is 0 Å². The number of hydrogen-bond donors (Lipinski definition) is 1. The molecule has 3 rings (SSSR count). The zero-order chi connectivity index (χ0) is 19.4. The lowest BCUT2D eigenvalue weighted by atomic mass is 10.1. The van der Waals surface area contributed by atoms with Gasteiger partial charge in [0.05, 0.1) is 6.04 Å². The van der Waals surface area contributed by atoms with Gasteiger partial charge in [0, 0.05) is 13.1 Å². The van der Waals surface area contributed by atoms with Crippen molar-refractivity contribution in [2.45, 2.75) is 38.7 Å². The molecule has 1 aromatic carbocycles. The van der Waals surface area contributed by atoms with Gasteiger partial charge in [-0.15, -0.1) is 0 Å². The van der Waals surface area contributed by atoms with Gasteiger partial charge in [-0.2, -0.15) is 13.8 Å². The van der Waals surface area contributed by atoms with Crippen LogP contribution in [0.15, 0.2) is 48.7 Å². The van der Waals surface area contributed by atoms with Crippen LogP contribution in [0.25, 0.3) is 0 Å². The summed E-state index contributed by atoms with van der Waals surface area (Å²) in [5, 5.41) is 2.91. The van der Waals surface area contributed by atoms with E-state index in [1.54, 1.807) is 30.3 Å². The molecule has 1 atom stereocenters. The Morgan fingerprint density at radius 2 is 2.04 bits per heavy atom. The molecular formula is C20H21F2N3O2. The molecule has 1 N–H and O–H groups in total. The van der Waals surface area contributed by atoms with Crippen molar-refractivity contribution in [2.75, 3.05) is 0 Å². The third kappa shape index (κ3) is 4.87.